The van der Waals surface area contributed by atoms with Crippen LogP contribution in [-0.2, 0) is 9.59 Å². The van der Waals surface area contributed by atoms with Gasteiger partial charge >= 0.3 is 11.9 Å². The highest BCUT2D eigenvalue weighted by atomic mass is 32.2. The molecular formula is C21H16N2O7S. The van der Waals surface area contributed by atoms with Gasteiger partial charge in [0, 0.05) is 0 Å². The molecule has 0 atom stereocenters. The van der Waals surface area contributed by atoms with Gasteiger partial charge in [0.05, 0.1) is 21.7 Å². The number of carbonyl (C=O) groups excluding carboxylic acids is 3. The zero-order valence-corrected chi connectivity index (χ0v) is 16.9. The van der Waals surface area contributed by atoms with Crippen LogP contribution in [0.4, 0.5) is 10.5 Å². The SMILES string of the molecule is Cc1cccc(/C=C2\SC(=O)N(CC(=O)Nc3cc(C(=O)O)ccc3C(=O)O)C2=O)c1. The average Bonchev–Trinajstić information content (AvgIpc) is 2.95. The second kappa shape index (κ2) is 8.84. The minimum absolute atomic E-state index is 0.155. The standard InChI is InChI=1S/C21H16N2O7S/c1-11-3-2-4-12(7-11)8-16-18(25)23(21(30)31-16)10-17(24)22-15-9-13(19(26)27)5-6-14(15)20(28)29/h2-9H,10H2,1H3,(H,22,24)(H,26,27)(H,28,29)/b16-8-. The Labute approximate surface area is 180 Å². The van der Waals surface area contributed by atoms with Crippen molar-refractivity contribution in [3.8, 4) is 0 Å². The number of aryl methyl sites for hydroxylation is 1. The average molecular weight is 440 g/mol. The van der Waals surface area contributed by atoms with E-state index in [9.17, 15) is 29.1 Å². The van der Waals surface area contributed by atoms with E-state index in [0.717, 1.165) is 34.2 Å². The van der Waals surface area contributed by atoms with Crippen molar-refractivity contribution in [1.82, 2.24) is 4.90 Å². The third-order valence-electron chi connectivity index (χ3n) is 4.29. The number of carboxylic acid groups (broad SMARTS) is 2. The zero-order valence-electron chi connectivity index (χ0n) is 16.1. The van der Waals surface area contributed by atoms with Gasteiger partial charge in [-0.25, -0.2) is 9.59 Å². The van der Waals surface area contributed by atoms with Crippen molar-refractivity contribution in [2.75, 3.05) is 11.9 Å². The molecule has 3 N–H and O–H groups in total. The van der Waals surface area contributed by atoms with Gasteiger partial charge in [0.2, 0.25) is 5.91 Å². The van der Waals surface area contributed by atoms with Crippen molar-refractivity contribution >= 4 is 52.5 Å². The second-order valence-corrected chi connectivity index (χ2v) is 7.59. The molecule has 0 saturated carbocycles. The molecule has 10 heteroatoms. The van der Waals surface area contributed by atoms with Gasteiger partial charge in [-0.05, 0) is 48.5 Å². The Morgan fingerprint density at radius 2 is 1.81 bits per heavy atom. The molecule has 31 heavy (non-hydrogen) atoms. The Balaban J connectivity index is 1.77. The van der Waals surface area contributed by atoms with Crippen LogP contribution in [0.3, 0.4) is 0 Å². The van der Waals surface area contributed by atoms with Gasteiger partial charge in [0.1, 0.15) is 6.54 Å². The maximum absolute atomic E-state index is 12.6. The molecule has 1 aliphatic rings. The monoisotopic (exact) mass is 440 g/mol. The maximum atomic E-state index is 12.6. The van der Waals surface area contributed by atoms with Gasteiger partial charge in [-0.1, -0.05) is 29.8 Å². The van der Waals surface area contributed by atoms with E-state index in [1.807, 2.05) is 25.1 Å². The number of imide groups is 1. The minimum Gasteiger partial charge on any atom is -0.478 e. The Bertz CT molecular complexity index is 1160. The second-order valence-electron chi connectivity index (χ2n) is 6.60. The Kier molecular flexibility index (Phi) is 6.21. The number of anilines is 1. The zero-order chi connectivity index (χ0) is 22.7. The lowest BCUT2D eigenvalue weighted by Crippen LogP contribution is -2.36. The predicted octanol–water partition coefficient (Wildman–Crippen LogP) is 3.07. The first-order chi connectivity index (χ1) is 14.7. The van der Waals surface area contributed by atoms with E-state index in [4.69, 9.17) is 5.11 Å². The molecule has 158 valence electrons. The van der Waals surface area contributed by atoms with E-state index in [1.54, 1.807) is 12.1 Å². The first-order valence-corrected chi connectivity index (χ1v) is 9.70. The van der Waals surface area contributed by atoms with Crippen LogP contribution >= 0.6 is 11.8 Å². The fraction of sp³-hybridized carbons (Fsp3) is 0.0952. The predicted molar refractivity (Wildman–Crippen MR) is 113 cm³/mol. The summed E-state index contributed by atoms with van der Waals surface area (Å²) in [6, 6.07) is 10.4. The topological polar surface area (TPSA) is 141 Å². The molecular weight excluding hydrogens is 424 g/mol. The summed E-state index contributed by atoms with van der Waals surface area (Å²) in [5, 5.41) is 19.9. The largest absolute Gasteiger partial charge is 0.478 e. The van der Waals surface area contributed by atoms with E-state index in [0.29, 0.717) is 11.8 Å². The molecule has 1 heterocycles. The highest BCUT2D eigenvalue weighted by Crippen LogP contribution is 2.32. The molecule has 3 amide bonds. The summed E-state index contributed by atoms with van der Waals surface area (Å²) in [7, 11) is 0. The van der Waals surface area contributed by atoms with Gasteiger partial charge in [0.15, 0.2) is 0 Å². The molecule has 3 rings (SSSR count). The lowest BCUT2D eigenvalue weighted by Gasteiger charge is -2.14. The lowest BCUT2D eigenvalue weighted by atomic mass is 10.1. The Hall–Kier alpha value is -3.92. The number of nitrogens with zero attached hydrogens (tertiary/aromatic N) is 1. The molecule has 1 aliphatic heterocycles. The lowest BCUT2D eigenvalue weighted by molar-refractivity contribution is -0.127. The fourth-order valence-corrected chi connectivity index (χ4v) is 3.69. The first-order valence-electron chi connectivity index (χ1n) is 8.88. The van der Waals surface area contributed by atoms with Crippen LogP contribution in [0.25, 0.3) is 6.08 Å². The molecule has 0 aliphatic carbocycles. The first kappa shape index (κ1) is 21.8. The van der Waals surface area contributed by atoms with Crippen LogP contribution in [0.2, 0.25) is 0 Å². The third-order valence-corrected chi connectivity index (χ3v) is 5.19. The molecule has 1 saturated heterocycles. The molecule has 2 aromatic rings. The van der Waals surface area contributed by atoms with Gasteiger partial charge < -0.3 is 15.5 Å². The number of thioether (sulfide) groups is 1. The van der Waals surface area contributed by atoms with E-state index in [-0.39, 0.29) is 21.7 Å². The normalized spacial score (nSPS) is 14.7. The van der Waals surface area contributed by atoms with Crippen molar-refractivity contribution in [1.29, 1.82) is 0 Å². The molecule has 0 bridgehead atoms. The van der Waals surface area contributed by atoms with Crippen LogP contribution in [0.15, 0.2) is 47.4 Å². The summed E-state index contributed by atoms with van der Waals surface area (Å²) in [6.07, 6.45) is 1.55. The number of nitrogens with one attached hydrogen (secondary N) is 1. The van der Waals surface area contributed by atoms with Crippen molar-refractivity contribution in [3.05, 3.63) is 69.6 Å². The number of hydrogen-bond acceptors (Lipinski definition) is 6. The summed E-state index contributed by atoms with van der Waals surface area (Å²) in [4.78, 5) is 60.6. The summed E-state index contributed by atoms with van der Waals surface area (Å²) >= 11 is 0.692. The van der Waals surface area contributed by atoms with Gasteiger partial charge in [-0.2, -0.15) is 0 Å². The number of hydrogen-bond donors (Lipinski definition) is 3. The number of rotatable bonds is 6. The smallest absolute Gasteiger partial charge is 0.337 e. The van der Waals surface area contributed by atoms with Gasteiger partial charge in [-0.3, -0.25) is 19.3 Å². The van der Waals surface area contributed by atoms with Crippen molar-refractivity contribution in [2.24, 2.45) is 0 Å². The molecule has 2 aromatic carbocycles. The highest BCUT2D eigenvalue weighted by molar-refractivity contribution is 8.18. The number of amides is 3. The van der Waals surface area contributed by atoms with Crippen LogP contribution in [0, 0.1) is 6.92 Å². The molecule has 9 nitrogen and oxygen atoms in total. The van der Waals surface area contributed by atoms with E-state index < -0.39 is 35.5 Å². The Morgan fingerprint density at radius 1 is 1.06 bits per heavy atom. The summed E-state index contributed by atoms with van der Waals surface area (Å²) in [5.74, 6) is -4.17. The van der Waals surface area contributed by atoms with Crippen LogP contribution in [0.5, 0.6) is 0 Å². The summed E-state index contributed by atoms with van der Waals surface area (Å²) < 4.78 is 0. The van der Waals surface area contributed by atoms with Crippen LogP contribution in [0.1, 0.15) is 31.8 Å². The number of carboxylic acids is 2. The molecule has 0 unspecified atom stereocenters. The van der Waals surface area contributed by atoms with Crippen molar-refractivity contribution in [3.63, 3.8) is 0 Å². The summed E-state index contributed by atoms with van der Waals surface area (Å²) in [5.41, 5.74) is 0.899. The Morgan fingerprint density at radius 3 is 2.45 bits per heavy atom. The molecule has 0 spiro atoms. The van der Waals surface area contributed by atoms with Gasteiger partial charge in [0.25, 0.3) is 11.1 Å². The van der Waals surface area contributed by atoms with Crippen LogP contribution in [-0.4, -0.2) is 50.6 Å². The number of aromatic carboxylic acids is 2. The van der Waals surface area contributed by atoms with Crippen molar-refractivity contribution in [2.45, 2.75) is 6.92 Å². The summed E-state index contributed by atoms with van der Waals surface area (Å²) in [6.45, 7) is 1.24. The number of carbonyl (C=O) groups is 5. The number of benzene rings is 2. The highest BCUT2D eigenvalue weighted by Gasteiger charge is 2.36. The fourth-order valence-electron chi connectivity index (χ4n) is 2.85. The molecule has 1 fully saturated rings. The van der Waals surface area contributed by atoms with Crippen molar-refractivity contribution < 1.29 is 34.2 Å². The van der Waals surface area contributed by atoms with E-state index in [2.05, 4.69) is 5.32 Å². The molecule has 0 radical (unpaired) electrons. The quantitative estimate of drug-likeness (QED) is 0.582. The van der Waals surface area contributed by atoms with E-state index >= 15 is 0 Å². The molecule has 0 aromatic heterocycles. The maximum Gasteiger partial charge on any atom is 0.337 e. The van der Waals surface area contributed by atoms with E-state index in [1.165, 1.54) is 0 Å². The minimum atomic E-state index is -1.38. The third kappa shape index (κ3) is 4.98. The van der Waals surface area contributed by atoms with Gasteiger partial charge in [-0.15, -0.1) is 0 Å². The van der Waals surface area contributed by atoms with Crippen LogP contribution < -0.4 is 5.32 Å².